The number of rotatable bonds is 7. The number of nitrogens with zero attached hydrogens (tertiary/aromatic N) is 7. The summed E-state index contributed by atoms with van der Waals surface area (Å²) in [6.45, 7) is 4.35. The smallest absolute Gasteiger partial charge is 0.246 e. The topological polar surface area (TPSA) is 103 Å². The minimum Gasteiger partial charge on any atom is -0.350 e. The summed E-state index contributed by atoms with van der Waals surface area (Å²) < 4.78 is 1.86. The average molecular weight is 416 g/mol. The van der Waals surface area contributed by atoms with Crippen LogP contribution in [0.5, 0.6) is 0 Å². The second-order valence-electron chi connectivity index (χ2n) is 7.49. The molecule has 3 aromatic rings. The van der Waals surface area contributed by atoms with Gasteiger partial charge < -0.3 is 15.1 Å². The van der Waals surface area contributed by atoms with Gasteiger partial charge in [0.05, 0.1) is 37.1 Å². The maximum atomic E-state index is 12.2. The van der Waals surface area contributed by atoms with Crippen LogP contribution in [0.3, 0.4) is 0 Å². The Morgan fingerprint density at radius 3 is 2.74 bits per heavy atom. The summed E-state index contributed by atoms with van der Waals surface area (Å²) in [7, 11) is 1.75. The number of carbonyl (C=O) groups excluding carboxylic acids is 1. The fourth-order valence-electron chi connectivity index (χ4n) is 3.49. The predicted octanol–water partition coefficient (Wildman–Crippen LogP) is 2.40. The highest BCUT2D eigenvalue weighted by atomic mass is 16.2. The quantitative estimate of drug-likeness (QED) is 0.631. The summed E-state index contributed by atoms with van der Waals surface area (Å²) in [5, 5.41) is 16.6. The Morgan fingerprint density at radius 2 is 2.00 bits per heavy atom. The van der Waals surface area contributed by atoms with E-state index in [2.05, 4.69) is 33.4 Å². The SMILES string of the molecule is CCCN1CC(=O)N(C)c2cnc(NCc3cnn(Cc4ccc(C#N)cc4)c3)nc21. The zero-order valence-corrected chi connectivity index (χ0v) is 17.6. The van der Waals surface area contributed by atoms with Crippen LogP contribution in [-0.4, -0.2) is 45.8 Å². The van der Waals surface area contributed by atoms with Crippen LogP contribution in [0.15, 0.2) is 42.9 Å². The lowest BCUT2D eigenvalue weighted by Gasteiger charge is -2.34. The number of fused-ring (bicyclic) bond motifs is 1. The molecule has 2 aromatic heterocycles. The third-order valence-electron chi connectivity index (χ3n) is 5.17. The first-order valence-electron chi connectivity index (χ1n) is 10.2. The molecule has 0 unspecified atom stereocenters. The third kappa shape index (κ3) is 4.48. The van der Waals surface area contributed by atoms with Gasteiger partial charge >= 0.3 is 0 Å². The van der Waals surface area contributed by atoms with Crippen molar-refractivity contribution in [3.63, 3.8) is 0 Å². The van der Waals surface area contributed by atoms with E-state index in [4.69, 9.17) is 5.26 Å². The number of nitrogens with one attached hydrogen (secondary N) is 1. The van der Waals surface area contributed by atoms with Gasteiger partial charge in [0.1, 0.15) is 5.69 Å². The fraction of sp³-hybridized carbons (Fsp3) is 0.318. The zero-order valence-electron chi connectivity index (χ0n) is 17.6. The minimum atomic E-state index is 0.0416. The molecule has 1 aliphatic heterocycles. The van der Waals surface area contributed by atoms with E-state index in [1.165, 1.54) is 0 Å². The van der Waals surface area contributed by atoms with E-state index in [1.54, 1.807) is 18.1 Å². The number of carbonyl (C=O) groups is 1. The Bertz CT molecular complexity index is 1120. The molecule has 0 bridgehead atoms. The maximum absolute atomic E-state index is 12.2. The Kier molecular flexibility index (Phi) is 5.80. The summed E-state index contributed by atoms with van der Waals surface area (Å²) in [4.78, 5) is 24.8. The predicted molar refractivity (Wildman–Crippen MR) is 118 cm³/mol. The first kappa shape index (κ1) is 20.3. The highest BCUT2D eigenvalue weighted by Crippen LogP contribution is 2.31. The van der Waals surface area contributed by atoms with Gasteiger partial charge in [-0.25, -0.2) is 4.98 Å². The van der Waals surface area contributed by atoms with Crippen molar-refractivity contribution in [2.75, 3.05) is 35.3 Å². The summed E-state index contributed by atoms with van der Waals surface area (Å²) >= 11 is 0. The van der Waals surface area contributed by atoms with Gasteiger partial charge in [-0.1, -0.05) is 19.1 Å². The fourth-order valence-corrected chi connectivity index (χ4v) is 3.49. The van der Waals surface area contributed by atoms with Crippen molar-refractivity contribution in [1.82, 2.24) is 19.7 Å². The van der Waals surface area contributed by atoms with E-state index in [0.29, 0.717) is 31.1 Å². The Labute approximate surface area is 180 Å². The molecule has 0 saturated heterocycles. The molecule has 1 N–H and O–H groups in total. The molecule has 3 heterocycles. The third-order valence-corrected chi connectivity index (χ3v) is 5.17. The van der Waals surface area contributed by atoms with Crippen LogP contribution in [0, 0.1) is 11.3 Å². The molecule has 1 aromatic carbocycles. The molecule has 0 radical (unpaired) electrons. The number of nitriles is 1. The number of benzene rings is 1. The monoisotopic (exact) mass is 416 g/mol. The molecule has 158 valence electrons. The second kappa shape index (κ2) is 8.83. The molecular weight excluding hydrogens is 392 g/mol. The van der Waals surface area contributed by atoms with Crippen LogP contribution >= 0.6 is 0 Å². The van der Waals surface area contributed by atoms with Gasteiger partial charge in [-0.15, -0.1) is 0 Å². The maximum Gasteiger partial charge on any atom is 0.246 e. The Morgan fingerprint density at radius 1 is 1.19 bits per heavy atom. The molecule has 9 nitrogen and oxygen atoms in total. The number of hydrogen-bond donors (Lipinski definition) is 1. The average Bonchev–Trinajstić information content (AvgIpc) is 3.23. The number of amides is 1. The lowest BCUT2D eigenvalue weighted by molar-refractivity contribution is -0.117. The van der Waals surface area contributed by atoms with Crippen molar-refractivity contribution in [2.45, 2.75) is 26.4 Å². The molecule has 1 aliphatic rings. The van der Waals surface area contributed by atoms with E-state index in [1.807, 2.05) is 46.2 Å². The van der Waals surface area contributed by atoms with E-state index < -0.39 is 0 Å². The first-order valence-corrected chi connectivity index (χ1v) is 10.2. The molecule has 0 spiro atoms. The highest BCUT2D eigenvalue weighted by molar-refractivity contribution is 6.01. The molecule has 0 fully saturated rings. The molecule has 0 saturated carbocycles. The lowest BCUT2D eigenvalue weighted by Crippen LogP contribution is -2.44. The number of anilines is 3. The summed E-state index contributed by atoms with van der Waals surface area (Å²) in [6.07, 6.45) is 6.41. The molecular formula is C22H24N8O. The summed E-state index contributed by atoms with van der Waals surface area (Å²) in [5.74, 6) is 1.33. The van der Waals surface area contributed by atoms with Crippen LogP contribution in [0.1, 0.15) is 30.0 Å². The van der Waals surface area contributed by atoms with Crippen molar-refractivity contribution < 1.29 is 4.79 Å². The molecule has 9 heteroatoms. The molecule has 31 heavy (non-hydrogen) atoms. The van der Waals surface area contributed by atoms with Crippen molar-refractivity contribution >= 4 is 23.4 Å². The van der Waals surface area contributed by atoms with Crippen LogP contribution in [-0.2, 0) is 17.9 Å². The molecule has 0 aliphatic carbocycles. The summed E-state index contributed by atoms with van der Waals surface area (Å²) in [6, 6.07) is 9.60. The van der Waals surface area contributed by atoms with Gasteiger partial charge in [-0.3, -0.25) is 9.48 Å². The largest absolute Gasteiger partial charge is 0.350 e. The Hall–Kier alpha value is -3.93. The zero-order chi connectivity index (χ0) is 21.8. The van der Waals surface area contributed by atoms with Crippen LogP contribution in [0.4, 0.5) is 17.5 Å². The van der Waals surface area contributed by atoms with E-state index in [9.17, 15) is 4.79 Å². The molecule has 0 atom stereocenters. The van der Waals surface area contributed by atoms with Gasteiger partial charge in [0, 0.05) is 31.9 Å². The van der Waals surface area contributed by atoms with E-state index in [-0.39, 0.29) is 5.91 Å². The number of aromatic nitrogens is 4. The van der Waals surface area contributed by atoms with E-state index in [0.717, 1.165) is 35.6 Å². The van der Waals surface area contributed by atoms with Gasteiger partial charge in [0.15, 0.2) is 5.82 Å². The molecule has 4 rings (SSSR count). The lowest BCUT2D eigenvalue weighted by atomic mass is 10.1. The van der Waals surface area contributed by atoms with Crippen molar-refractivity contribution in [3.8, 4) is 6.07 Å². The van der Waals surface area contributed by atoms with Crippen molar-refractivity contribution in [2.24, 2.45) is 0 Å². The van der Waals surface area contributed by atoms with E-state index >= 15 is 0 Å². The van der Waals surface area contributed by atoms with Gasteiger partial charge in [-0.05, 0) is 24.1 Å². The van der Waals surface area contributed by atoms with Gasteiger partial charge in [-0.2, -0.15) is 15.3 Å². The first-order chi connectivity index (χ1) is 15.1. The molecule has 1 amide bonds. The van der Waals surface area contributed by atoms with Crippen LogP contribution in [0.25, 0.3) is 0 Å². The van der Waals surface area contributed by atoms with Crippen molar-refractivity contribution in [1.29, 1.82) is 5.26 Å². The number of likely N-dealkylation sites (N-methyl/N-ethyl adjacent to an activating group) is 1. The minimum absolute atomic E-state index is 0.0416. The Balaban J connectivity index is 1.42. The standard InChI is InChI=1S/C22H24N8O/c1-3-8-29-15-20(31)28(2)19-12-25-22(27-21(19)29)24-10-18-11-26-30(14-18)13-17-6-4-16(9-23)5-7-17/h4-7,11-12,14H,3,8,10,13,15H2,1-2H3,(H,24,25,27). The van der Waals surface area contributed by atoms with Gasteiger partial charge in [0.2, 0.25) is 11.9 Å². The van der Waals surface area contributed by atoms with Crippen LogP contribution < -0.4 is 15.1 Å². The van der Waals surface area contributed by atoms with Gasteiger partial charge in [0.25, 0.3) is 0 Å². The van der Waals surface area contributed by atoms with Crippen LogP contribution in [0.2, 0.25) is 0 Å². The van der Waals surface area contributed by atoms with Crippen molar-refractivity contribution in [3.05, 3.63) is 59.5 Å². The summed E-state index contributed by atoms with van der Waals surface area (Å²) in [5.41, 5.74) is 3.46. The normalized spacial score (nSPS) is 13.1. The number of hydrogen-bond acceptors (Lipinski definition) is 7. The highest BCUT2D eigenvalue weighted by Gasteiger charge is 2.28. The second-order valence-corrected chi connectivity index (χ2v) is 7.49.